The third-order valence-electron chi connectivity index (χ3n) is 3.05. The van der Waals surface area contributed by atoms with E-state index in [0.717, 1.165) is 17.0 Å². The summed E-state index contributed by atoms with van der Waals surface area (Å²) in [5, 5.41) is 14.9. The molecule has 7 nitrogen and oxygen atoms in total. The van der Waals surface area contributed by atoms with Gasteiger partial charge < -0.3 is 9.73 Å². The summed E-state index contributed by atoms with van der Waals surface area (Å²) in [5.41, 5.74) is 1.92. The standard InChI is InChI=1S/C15H15N5O2S/c1-11-4-6-12(7-5-11)16-14(21)10-23-15-17-18-19-20(15)9-13-3-2-8-22-13/h2-8H,9-10H2,1H3,(H,16,21). The van der Waals surface area contributed by atoms with E-state index < -0.39 is 0 Å². The van der Waals surface area contributed by atoms with Crippen LogP contribution in [0.1, 0.15) is 11.3 Å². The number of carbonyl (C=O) groups is 1. The molecule has 1 aromatic carbocycles. The summed E-state index contributed by atoms with van der Waals surface area (Å²) in [6.07, 6.45) is 1.60. The van der Waals surface area contributed by atoms with Crippen LogP contribution >= 0.6 is 11.8 Å². The first kappa shape index (κ1) is 15.3. The van der Waals surface area contributed by atoms with Gasteiger partial charge in [-0.05, 0) is 41.6 Å². The Kier molecular flexibility index (Phi) is 4.72. The van der Waals surface area contributed by atoms with E-state index >= 15 is 0 Å². The second kappa shape index (κ2) is 7.10. The maximum Gasteiger partial charge on any atom is 0.234 e. The summed E-state index contributed by atoms with van der Waals surface area (Å²) in [6, 6.07) is 11.3. The molecule has 0 atom stereocenters. The molecule has 118 valence electrons. The van der Waals surface area contributed by atoms with Gasteiger partial charge in [-0.3, -0.25) is 4.79 Å². The Bertz CT molecular complexity index is 768. The van der Waals surface area contributed by atoms with Crippen LogP contribution in [-0.4, -0.2) is 31.9 Å². The number of anilines is 1. The Morgan fingerprint density at radius 1 is 1.30 bits per heavy atom. The van der Waals surface area contributed by atoms with E-state index in [2.05, 4.69) is 20.8 Å². The van der Waals surface area contributed by atoms with Crippen LogP contribution in [0.2, 0.25) is 0 Å². The van der Waals surface area contributed by atoms with Crippen molar-refractivity contribution < 1.29 is 9.21 Å². The van der Waals surface area contributed by atoms with E-state index in [4.69, 9.17) is 4.42 Å². The summed E-state index contributed by atoms with van der Waals surface area (Å²) in [7, 11) is 0. The van der Waals surface area contributed by atoms with Crippen LogP contribution < -0.4 is 5.32 Å². The van der Waals surface area contributed by atoms with Gasteiger partial charge in [0.2, 0.25) is 11.1 Å². The monoisotopic (exact) mass is 329 g/mol. The van der Waals surface area contributed by atoms with E-state index in [1.165, 1.54) is 11.8 Å². The third-order valence-corrected chi connectivity index (χ3v) is 4.01. The van der Waals surface area contributed by atoms with Crippen molar-refractivity contribution in [2.24, 2.45) is 0 Å². The molecule has 3 rings (SSSR count). The molecule has 0 aliphatic rings. The van der Waals surface area contributed by atoms with Gasteiger partial charge in [0.25, 0.3) is 0 Å². The van der Waals surface area contributed by atoms with Crippen molar-refractivity contribution in [3.8, 4) is 0 Å². The number of rotatable bonds is 6. The molecule has 0 aliphatic carbocycles. The molecule has 0 unspecified atom stereocenters. The van der Waals surface area contributed by atoms with Gasteiger partial charge in [-0.15, -0.1) is 5.10 Å². The van der Waals surface area contributed by atoms with E-state index in [-0.39, 0.29) is 11.7 Å². The van der Waals surface area contributed by atoms with E-state index in [1.807, 2.05) is 43.3 Å². The quantitative estimate of drug-likeness (QED) is 0.699. The smallest absolute Gasteiger partial charge is 0.234 e. The molecular formula is C15H15N5O2S. The summed E-state index contributed by atoms with van der Waals surface area (Å²) in [4.78, 5) is 12.0. The van der Waals surface area contributed by atoms with Gasteiger partial charge in [-0.2, -0.15) is 0 Å². The molecule has 3 aromatic rings. The number of benzene rings is 1. The normalized spacial score (nSPS) is 10.7. The van der Waals surface area contributed by atoms with Crippen LogP contribution in [0.15, 0.2) is 52.2 Å². The highest BCUT2D eigenvalue weighted by Crippen LogP contribution is 2.16. The summed E-state index contributed by atoms with van der Waals surface area (Å²) in [6.45, 7) is 2.43. The van der Waals surface area contributed by atoms with Crippen LogP contribution in [0.3, 0.4) is 0 Å². The predicted octanol–water partition coefficient (Wildman–Crippen LogP) is 2.35. The van der Waals surface area contributed by atoms with Crippen molar-refractivity contribution in [3.05, 3.63) is 54.0 Å². The van der Waals surface area contributed by atoms with Crippen LogP contribution in [0.4, 0.5) is 5.69 Å². The van der Waals surface area contributed by atoms with Crippen molar-refractivity contribution in [2.75, 3.05) is 11.1 Å². The molecule has 1 N–H and O–H groups in total. The van der Waals surface area contributed by atoms with Gasteiger partial charge >= 0.3 is 0 Å². The number of tetrazole rings is 1. The number of nitrogens with one attached hydrogen (secondary N) is 1. The summed E-state index contributed by atoms with van der Waals surface area (Å²) >= 11 is 1.28. The molecule has 0 radical (unpaired) electrons. The molecule has 2 heterocycles. The Labute approximate surface area is 137 Å². The van der Waals surface area contributed by atoms with Crippen molar-refractivity contribution in [1.82, 2.24) is 20.2 Å². The van der Waals surface area contributed by atoms with Crippen LogP contribution in [-0.2, 0) is 11.3 Å². The SMILES string of the molecule is Cc1ccc(NC(=O)CSc2nnnn2Cc2ccco2)cc1. The third kappa shape index (κ3) is 4.19. The number of carbonyl (C=O) groups excluding carboxylic acids is 1. The molecule has 23 heavy (non-hydrogen) atoms. The number of aromatic nitrogens is 4. The highest BCUT2D eigenvalue weighted by atomic mass is 32.2. The number of furan rings is 1. The van der Waals surface area contributed by atoms with Gasteiger partial charge in [0.1, 0.15) is 12.3 Å². The van der Waals surface area contributed by atoms with Crippen LogP contribution in [0, 0.1) is 6.92 Å². The van der Waals surface area contributed by atoms with Gasteiger partial charge in [-0.25, -0.2) is 4.68 Å². The Hall–Kier alpha value is -2.61. The lowest BCUT2D eigenvalue weighted by Gasteiger charge is -2.05. The second-order valence-corrected chi connectivity index (χ2v) is 5.84. The zero-order valence-electron chi connectivity index (χ0n) is 12.5. The van der Waals surface area contributed by atoms with E-state index in [1.54, 1.807) is 10.9 Å². The lowest BCUT2D eigenvalue weighted by atomic mass is 10.2. The number of hydrogen-bond donors (Lipinski definition) is 1. The minimum Gasteiger partial charge on any atom is -0.467 e. The highest BCUT2D eigenvalue weighted by Gasteiger charge is 2.11. The Balaban J connectivity index is 1.55. The maximum atomic E-state index is 12.0. The lowest BCUT2D eigenvalue weighted by molar-refractivity contribution is -0.113. The first-order valence-electron chi connectivity index (χ1n) is 6.98. The number of thioether (sulfide) groups is 1. The minimum absolute atomic E-state index is 0.105. The highest BCUT2D eigenvalue weighted by molar-refractivity contribution is 7.99. The van der Waals surface area contributed by atoms with Crippen molar-refractivity contribution >= 4 is 23.4 Å². The topological polar surface area (TPSA) is 85.8 Å². The van der Waals surface area contributed by atoms with Crippen molar-refractivity contribution in [2.45, 2.75) is 18.6 Å². The molecule has 0 spiro atoms. The van der Waals surface area contributed by atoms with Gasteiger partial charge in [-0.1, -0.05) is 29.5 Å². The molecule has 0 bridgehead atoms. The molecule has 1 amide bonds. The first-order chi connectivity index (χ1) is 11.2. The maximum absolute atomic E-state index is 12.0. The first-order valence-corrected chi connectivity index (χ1v) is 7.97. The number of hydrogen-bond acceptors (Lipinski definition) is 6. The Morgan fingerprint density at radius 3 is 2.87 bits per heavy atom. The zero-order valence-corrected chi connectivity index (χ0v) is 13.3. The average Bonchev–Trinajstić information content (AvgIpc) is 3.20. The molecule has 0 saturated heterocycles. The number of aryl methyl sites for hydroxylation is 1. The van der Waals surface area contributed by atoms with Crippen molar-refractivity contribution in [3.63, 3.8) is 0 Å². The lowest BCUT2D eigenvalue weighted by Crippen LogP contribution is -2.14. The molecule has 8 heteroatoms. The van der Waals surface area contributed by atoms with Crippen LogP contribution in [0.5, 0.6) is 0 Å². The molecular weight excluding hydrogens is 314 g/mol. The fraction of sp³-hybridized carbons (Fsp3) is 0.200. The van der Waals surface area contributed by atoms with Gasteiger partial charge in [0, 0.05) is 5.69 Å². The van der Waals surface area contributed by atoms with Crippen molar-refractivity contribution in [1.29, 1.82) is 0 Å². The molecule has 0 fully saturated rings. The number of amides is 1. The second-order valence-electron chi connectivity index (χ2n) is 4.90. The van der Waals surface area contributed by atoms with E-state index in [9.17, 15) is 4.79 Å². The largest absolute Gasteiger partial charge is 0.467 e. The molecule has 2 aromatic heterocycles. The van der Waals surface area contributed by atoms with Gasteiger partial charge in [0.05, 0.1) is 12.0 Å². The summed E-state index contributed by atoms with van der Waals surface area (Å²) < 4.78 is 6.87. The van der Waals surface area contributed by atoms with Crippen LogP contribution in [0.25, 0.3) is 0 Å². The predicted molar refractivity (Wildman–Crippen MR) is 86.2 cm³/mol. The van der Waals surface area contributed by atoms with E-state index in [0.29, 0.717) is 11.7 Å². The number of nitrogens with zero attached hydrogens (tertiary/aromatic N) is 4. The average molecular weight is 329 g/mol. The molecule has 0 aliphatic heterocycles. The minimum atomic E-state index is -0.105. The summed E-state index contributed by atoms with van der Waals surface area (Å²) in [5.74, 6) is 0.876. The Morgan fingerprint density at radius 2 is 2.13 bits per heavy atom. The zero-order chi connectivity index (χ0) is 16.1. The fourth-order valence-electron chi connectivity index (χ4n) is 1.91. The molecule has 0 saturated carbocycles. The fourth-order valence-corrected chi connectivity index (χ4v) is 2.59. The van der Waals surface area contributed by atoms with Gasteiger partial charge in [0.15, 0.2) is 0 Å².